The largest absolute Gasteiger partial charge is 0.573 e. The van der Waals surface area contributed by atoms with E-state index in [0.29, 0.717) is 5.39 Å². The molecule has 132 valence electrons. The molecule has 0 fully saturated rings. The number of para-hydroxylation sites is 2. The first kappa shape index (κ1) is 16.4. The molecule has 0 aliphatic carbocycles. The molecule has 0 atom stereocenters. The van der Waals surface area contributed by atoms with Gasteiger partial charge in [-0.2, -0.15) is 0 Å². The minimum absolute atomic E-state index is 0.185. The van der Waals surface area contributed by atoms with Crippen LogP contribution in [0.25, 0.3) is 27.5 Å². The van der Waals surface area contributed by atoms with Crippen LogP contribution in [0.5, 0.6) is 5.75 Å². The quantitative estimate of drug-likeness (QED) is 0.461. The van der Waals surface area contributed by atoms with E-state index < -0.39 is 6.36 Å². The second kappa shape index (κ2) is 5.76. The third kappa shape index (κ3) is 2.67. The molecular formula is C20H15F3N2O. The van der Waals surface area contributed by atoms with E-state index in [0.717, 1.165) is 27.7 Å². The zero-order chi connectivity index (χ0) is 18.5. The van der Waals surface area contributed by atoms with Gasteiger partial charge in [-0.1, -0.05) is 30.3 Å². The fourth-order valence-corrected chi connectivity index (χ4v) is 3.29. The molecule has 0 N–H and O–H groups in total. The van der Waals surface area contributed by atoms with E-state index in [4.69, 9.17) is 0 Å². The molecule has 2 aromatic heterocycles. The molecule has 0 amide bonds. The van der Waals surface area contributed by atoms with Crippen LogP contribution in [0.4, 0.5) is 13.2 Å². The van der Waals surface area contributed by atoms with Crippen molar-refractivity contribution in [1.82, 2.24) is 9.55 Å². The SMILES string of the molecule is Cc1ccccc1-n1cc(C)c2cnc3c(OC(F)(F)F)cccc3c21. The molecule has 0 radical (unpaired) electrons. The van der Waals surface area contributed by atoms with Crippen molar-refractivity contribution in [3.05, 3.63) is 66.0 Å². The molecule has 0 unspecified atom stereocenters. The van der Waals surface area contributed by atoms with E-state index in [1.165, 1.54) is 6.07 Å². The molecule has 0 saturated heterocycles. The summed E-state index contributed by atoms with van der Waals surface area (Å²) in [5.41, 5.74) is 4.04. The average molecular weight is 356 g/mol. The standard InChI is InChI=1S/C20H15F3N2O/c1-12-6-3-4-8-16(12)25-11-13(2)15-10-24-18-14(19(15)25)7-5-9-17(18)26-20(21,22)23/h3-11H,1-2H3. The number of ether oxygens (including phenoxy) is 1. The molecule has 26 heavy (non-hydrogen) atoms. The lowest BCUT2D eigenvalue weighted by molar-refractivity contribution is -0.274. The first-order valence-corrected chi connectivity index (χ1v) is 8.06. The maximum absolute atomic E-state index is 12.7. The Bertz CT molecular complexity index is 1130. The molecule has 2 heterocycles. The van der Waals surface area contributed by atoms with Gasteiger partial charge >= 0.3 is 6.36 Å². The Kier molecular flexibility index (Phi) is 3.64. The van der Waals surface area contributed by atoms with Crippen LogP contribution in [-0.2, 0) is 0 Å². The van der Waals surface area contributed by atoms with Gasteiger partial charge in [-0.05, 0) is 37.1 Å². The van der Waals surface area contributed by atoms with E-state index in [2.05, 4.69) is 9.72 Å². The number of aryl methyl sites for hydroxylation is 2. The molecule has 3 nitrogen and oxygen atoms in total. The molecule has 2 aromatic carbocycles. The number of benzene rings is 2. The summed E-state index contributed by atoms with van der Waals surface area (Å²) in [5.74, 6) is -0.299. The number of fused-ring (bicyclic) bond motifs is 3. The van der Waals surface area contributed by atoms with Crippen molar-refractivity contribution in [3.8, 4) is 11.4 Å². The summed E-state index contributed by atoms with van der Waals surface area (Å²) in [5, 5.41) is 1.51. The number of alkyl halides is 3. The lowest BCUT2D eigenvalue weighted by Crippen LogP contribution is -2.17. The van der Waals surface area contributed by atoms with Crippen LogP contribution in [0.15, 0.2) is 54.9 Å². The highest BCUT2D eigenvalue weighted by Gasteiger charge is 2.32. The van der Waals surface area contributed by atoms with Crippen molar-refractivity contribution in [2.75, 3.05) is 0 Å². The number of hydrogen-bond acceptors (Lipinski definition) is 2. The van der Waals surface area contributed by atoms with Gasteiger partial charge in [-0.3, -0.25) is 4.98 Å². The van der Waals surface area contributed by atoms with Crippen molar-refractivity contribution in [2.24, 2.45) is 0 Å². The first-order chi connectivity index (χ1) is 12.3. The van der Waals surface area contributed by atoms with E-state index in [-0.39, 0.29) is 11.3 Å². The summed E-state index contributed by atoms with van der Waals surface area (Å²) < 4.78 is 44.4. The molecule has 0 aliphatic heterocycles. The molecule has 0 saturated carbocycles. The predicted molar refractivity (Wildman–Crippen MR) is 94.7 cm³/mol. The van der Waals surface area contributed by atoms with Gasteiger partial charge in [0.2, 0.25) is 0 Å². The van der Waals surface area contributed by atoms with Gasteiger partial charge < -0.3 is 9.30 Å². The number of hydrogen-bond donors (Lipinski definition) is 0. The lowest BCUT2D eigenvalue weighted by atomic mass is 10.1. The average Bonchev–Trinajstić information content (AvgIpc) is 2.91. The van der Waals surface area contributed by atoms with Crippen LogP contribution in [0, 0.1) is 13.8 Å². The second-order valence-electron chi connectivity index (χ2n) is 6.19. The van der Waals surface area contributed by atoms with Crippen molar-refractivity contribution in [1.29, 1.82) is 0 Å². The maximum Gasteiger partial charge on any atom is 0.573 e. The van der Waals surface area contributed by atoms with Gasteiger partial charge in [0.1, 0.15) is 5.52 Å². The Morgan fingerprint density at radius 2 is 1.69 bits per heavy atom. The summed E-state index contributed by atoms with van der Waals surface area (Å²) in [6.45, 7) is 3.96. The highest BCUT2D eigenvalue weighted by Crippen LogP contribution is 2.35. The summed E-state index contributed by atoms with van der Waals surface area (Å²) in [6.07, 6.45) is -1.19. The zero-order valence-electron chi connectivity index (χ0n) is 14.1. The number of rotatable bonds is 2. The van der Waals surface area contributed by atoms with Crippen LogP contribution >= 0.6 is 0 Å². The van der Waals surface area contributed by atoms with Gasteiger partial charge in [0.25, 0.3) is 0 Å². The summed E-state index contributed by atoms with van der Waals surface area (Å²) in [4.78, 5) is 4.25. The van der Waals surface area contributed by atoms with Gasteiger partial charge in [-0.15, -0.1) is 13.2 Å². The van der Waals surface area contributed by atoms with E-state index in [9.17, 15) is 13.2 Å². The summed E-state index contributed by atoms with van der Waals surface area (Å²) in [7, 11) is 0. The normalized spacial score (nSPS) is 12.0. The van der Waals surface area contributed by atoms with Crippen molar-refractivity contribution >= 4 is 21.8 Å². The van der Waals surface area contributed by atoms with Gasteiger partial charge in [0.05, 0.1) is 5.52 Å². The van der Waals surface area contributed by atoms with Crippen LogP contribution in [0.2, 0.25) is 0 Å². The van der Waals surface area contributed by atoms with Crippen LogP contribution in [-0.4, -0.2) is 15.9 Å². The number of nitrogens with zero attached hydrogens (tertiary/aromatic N) is 2. The Hall–Kier alpha value is -3.02. The fourth-order valence-electron chi connectivity index (χ4n) is 3.29. The smallest absolute Gasteiger partial charge is 0.403 e. The van der Waals surface area contributed by atoms with Crippen molar-refractivity contribution in [3.63, 3.8) is 0 Å². The lowest BCUT2D eigenvalue weighted by Gasteiger charge is -2.13. The zero-order valence-corrected chi connectivity index (χ0v) is 14.1. The third-order valence-electron chi connectivity index (χ3n) is 4.42. The molecule has 4 rings (SSSR count). The molecular weight excluding hydrogens is 341 g/mol. The van der Waals surface area contributed by atoms with Crippen LogP contribution < -0.4 is 4.74 Å². The highest BCUT2D eigenvalue weighted by atomic mass is 19.4. The highest BCUT2D eigenvalue weighted by molar-refractivity contribution is 6.07. The topological polar surface area (TPSA) is 27.1 Å². The molecule has 0 bridgehead atoms. The van der Waals surface area contributed by atoms with Crippen molar-refractivity contribution in [2.45, 2.75) is 20.2 Å². The van der Waals surface area contributed by atoms with Gasteiger partial charge in [-0.25, -0.2) is 0 Å². The van der Waals surface area contributed by atoms with Gasteiger partial charge in [0, 0.05) is 28.9 Å². The number of aromatic nitrogens is 2. The van der Waals surface area contributed by atoms with E-state index in [1.54, 1.807) is 18.3 Å². The second-order valence-corrected chi connectivity index (χ2v) is 6.19. The van der Waals surface area contributed by atoms with E-state index >= 15 is 0 Å². The van der Waals surface area contributed by atoms with Crippen LogP contribution in [0.1, 0.15) is 11.1 Å². The summed E-state index contributed by atoms with van der Waals surface area (Å²) >= 11 is 0. The fraction of sp³-hybridized carbons (Fsp3) is 0.150. The Morgan fingerprint density at radius 3 is 2.42 bits per heavy atom. The summed E-state index contributed by atoms with van der Waals surface area (Å²) in [6, 6.07) is 12.5. The molecule has 0 aliphatic rings. The first-order valence-electron chi connectivity index (χ1n) is 8.06. The van der Waals surface area contributed by atoms with Crippen molar-refractivity contribution < 1.29 is 17.9 Å². The molecule has 6 heteroatoms. The Balaban J connectivity index is 2.07. The van der Waals surface area contributed by atoms with Gasteiger partial charge in [0.15, 0.2) is 5.75 Å². The minimum atomic E-state index is -4.77. The molecule has 4 aromatic rings. The molecule has 0 spiro atoms. The van der Waals surface area contributed by atoms with E-state index in [1.807, 2.05) is 48.9 Å². The Morgan fingerprint density at radius 1 is 0.923 bits per heavy atom. The number of pyridine rings is 1. The monoisotopic (exact) mass is 356 g/mol. The maximum atomic E-state index is 12.7. The predicted octanol–water partition coefficient (Wildman–Crippen LogP) is 5.69. The minimum Gasteiger partial charge on any atom is -0.403 e. The number of halogens is 3. The Labute approximate surface area is 147 Å². The third-order valence-corrected chi connectivity index (χ3v) is 4.42. The van der Waals surface area contributed by atoms with Crippen LogP contribution in [0.3, 0.4) is 0 Å².